The van der Waals surface area contributed by atoms with Gasteiger partial charge in [-0.2, -0.15) is 4.98 Å². The summed E-state index contributed by atoms with van der Waals surface area (Å²) in [5.74, 6) is 2.02. The van der Waals surface area contributed by atoms with Gasteiger partial charge < -0.3 is 20.3 Å². The highest BCUT2D eigenvalue weighted by Crippen LogP contribution is 2.24. The molecule has 22 heavy (non-hydrogen) atoms. The summed E-state index contributed by atoms with van der Waals surface area (Å²) in [5, 5.41) is 6.84. The summed E-state index contributed by atoms with van der Waals surface area (Å²) in [6.45, 7) is 5.46. The Bertz CT molecular complexity index is 508. The first kappa shape index (κ1) is 17.2. The van der Waals surface area contributed by atoms with Crippen molar-refractivity contribution in [3.8, 4) is 0 Å². The van der Waals surface area contributed by atoms with Gasteiger partial charge in [0, 0.05) is 32.8 Å². The predicted octanol–water partition coefficient (Wildman–Crippen LogP) is 2.30. The van der Waals surface area contributed by atoms with Crippen LogP contribution in [0.15, 0.2) is 6.07 Å². The molecule has 0 amide bonds. The molecule has 6 nitrogen and oxygen atoms in total. The summed E-state index contributed by atoms with van der Waals surface area (Å²) >= 11 is 11.3. The summed E-state index contributed by atoms with van der Waals surface area (Å²) in [5.41, 5.74) is 0. The summed E-state index contributed by atoms with van der Waals surface area (Å²) in [6, 6.07) is 1.80. The van der Waals surface area contributed by atoms with Gasteiger partial charge in [-0.3, -0.25) is 0 Å². The van der Waals surface area contributed by atoms with Gasteiger partial charge in [-0.15, -0.1) is 0 Å². The number of anilines is 2. The minimum Gasteiger partial charge on any atom is -0.383 e. The molecule has 8 heteroatoms. The van der Waals surface area contributed by atoms with Crippen molar-refractivity contribution in [3.05, 3.63) is 11.2 Å². The van der Waals surface area contributed by atoms with E-state index in [4.69, 9.17) is 28.6 Å². The Morgan fingerprint density at radius 3 is 2.86 bits per heavy atom. The normalized spacial score (nSPS) is 15.7. The van der Waals surface area contributed by atoms with Gasteiger partial charge in [-0.1, -0.05) is 18.5 Å². The number of hydrogen-bond acceptors (Lipinski definition) is 5. The monoisotopic (exact) mass is 343 g/mol. The molecular formula is C14H22ClN5OS. The van der Waals surface area contributed by atoms with Gasteiger partial charge in [0.15, 0.2) is 5.11 Å². The maximum atomic E-state index is 6.11. The van der Waals surface area contributed by atoms with Gasteiger partial charge in [0.25, 0.3) is 0 Å². The van der Waals surface area contributed by atoms with E-state index in [-0.39, 0.29) is 0 Å². The van der Waals surface area contributed by atoms with Gasteiger partial charge >= 0.3 is 0 Å². The molecule has 2 N–H and O–H groups in total. The predicted molar refractivity (Wildman–Crippen MR) is 93.8 cm³/mol. The molecule has 0 unspecified atom stereocenters. The van der Waals surface area contributed by atoms with Crippen LogP contribution < -0.4 is 15.5 Å². The number of ether oxygens (including phenoxy) is 1. The van der Waals surface area contributed by atoms with Crippen LogP contribution in [0.1, 0.15) is 19.8 Å². The number of methoxy groups -OCH3 is 1. The van der Waals surface area contributed by atoms with Crippen LogP contribution in [0, 0.1) is 5.92 Å². The zero-order valence-corrected chi connectivity index (χ0v) is 14.5. The Kier molecular flexibility index (Phi) is 6.60. The molecule has 2 rings (SSSR count). The zero-order chi connectivity index (χ0) is 15.9. The molecule has 122 valence electrons. The lowest BCUT2D eigenvalue weighted by Crippen LogP contribution is -2.34. The molecule has 1 fully saturated rings. The van der Waals surface area contributed by atoms with Gasteiger partial charge in [-0.05, 0) is 31.0 Å². The third kappa shape index (κ3) is 5.23. The third-order valence-corrected chi connectivity index (χ3v) is 4.05. The van der Waals surface area contributed by atoms with Gasteiger partial charge in [0.1, 0.15) is 11.0 Å². The van der Waals surface area contributed by atoms with Crippen molar-refractivity contribution < 1.29 is 4.74 Å². The van der Waals surface area contributed by atoms with Crippen LogP contribution in [0.5, 0.6) is 0 Å². The number of piperidine rings is 1. The van der Waals surface area contributed by atoms with Crippen LogP contribution in [0.2, 0.25) is 5.15 Å². The van der Waals surface area contributed by atoms with Crippen LogP contribution in [0.4, 0.5) is 11.8 Å². The molecule has 0 bridgehead atoms. The zero-order valence-electron chi connectivity index (χ0n) is 12.9. The van der Waals surface area contributed by atoms with E-state index >= 15 is 0 Å². The largest absolute Gasteiger partial charge is 0.383 e. The smallest absolute Gasteiger partial charge is 0.232 e. The van der Waals surface area contributed by atoms with Crippen LogP contribution in [-0.4, -0.2) is 48.4 Å². The Labute approximate surface area is 141 Å². The first-order chi connectivity index (χ1) is 10.6. The Morgan fingerprint density at radius 2 is 2.18 bits per heavy atom. The minimum atomic E-state index is 0.408. The Morgan fingerprint density at radius 1 is 1.45 bits per heavy atom. The summed E-state index contributed by atoms with van der Waals surface area (Å²) in [4.78, 5) is 10.9. The number of halogens is 1. The topological polar surface area (TPSA) is 62.3 Å². The van der Waals surface area contributed by atoms with Crippen molar-refractivity contribution in [1.29, 1.82) is 0 Å². The molecule has 1 saturated heterocycles. The molecule has 2 heterocycles. The van der Waals surface area contributed by atoms with E-state index in [1.165, 1.54) is 12.8 Å². The molecule has 0 radical (unpaired) electrons. The number of rotatable bonds is 5. The van der Waals surface area contributed by atoms with E-state index in [0.29, 0.717) is 29.4 Å². The average Bonchev–Trinajstić information content (AvgIpc) is 2.47. The van der Waals surface area contributed by atoms with Crippen LogP contribution in [0.25, 0.3) is 0 Å². The van der Waals surface area contributed by atoms with E-state index in [2.05, 4.69) is 32.4 Å². The number of nitrogens with zero attached hydrogens (tertiary/aromatic N) is 3. The average molecular weight is 344 g/mol. The van der Waals surface area contributed by atoms with Crippen molar-refractivity contribution >= 4 is 40.7 Å². The van der Waals surface area contributed by atoms with Crippen molar-refractivity contribution in [2.45, 2.75) is 19.8 Å². The fraction of sp³-hybridized carbons (Fsp3) is 0.643. The summed E-state index contributed by atoms with van der Waals surface area (Å²) < 4.78 is 4.96. The highest BCUT2D eigenvalue weighted by Gasteiger charge is 2.18. The molecular weight excluding hydrogens is 322 g/mol. The van der Waals surface area contributed by atoms with Crippen LogP contribution in [0.3, 0.4) is 0 Å². The maximum absolute atomic E-state index is 6.11. The van der Waals surface area contributed by atoms with Crippen molar-refractivity contribution in [2.24, 2.45) is 5.92 Å². The van der Waals surface area contributed by atoms with Gasteiger partial charge in [0.2, 0.25) is 5.95 Å². The second-order valence-electron chi connectivity index (χ2n) is 5.42. The second kappa shape index (κ2) is 8.45. The lowest BCUT2D eigenvalue weighted by atomic mass is 9.99. The molecule has 0 aliphatic carbocycles. The fourth-order valence-electron chi connectivity index (χ4n) is 2.27. The molecule has 1 aliphatic heterocycles. The number of aromatic nitrogens is 2. The lowest BCUT2D eigenvalue weighted by Gasteiger charge is -2.31. The minimum absolute atomic E-state index is 0.408. The molecule has 0 atom stereocenters. The van der Waals surface area contributed by atoms with Crippen LogP contribution in [-0.2, 0) is 4.74 Å². The van der Waals surface area contributed by atoms with Crippen LogP contribution >= 0.6 is 23.8 Å². The van der Waals surface area contributed by atoms with E-state index in [9.17, 15) is 0 Å². The number of thiocarbonyl (C=S) groups is 1. The Hall–Kier alpha value is -1.18. The highest BCUT2D eigenvalue weighted by molar-refractivity contribution is 7.80. The number of nitrogens with one attached hydrogen (secondary N) is 2. The lowest BCUT2D eigenvalue weighted by molar-refractivity contribution is 0.204. The van der Waals surface area contributed by atoms with Gasteiger partial charge in [0.05, 0.1) is 6.61 Å². The second-order valence-corrected chi connectivity index (χ2v) is 6.21. The van der Waals surface area contributed by atoms with E-state index in [1.807, 2.05) is 0 Å². The standard InChI is InChI=1S/C14H22ClN5OS/c1-10-3-6-20(7-4-10)12-9-11(15)17-13(18-12)19-14(22)16-5-8-21-2/h9-10H,3-8H2,1-2H3,(H2,16,17,18,19,22). The summed E-state index contributed by atoms with van der Waals surface area (Å²) in [7, 11) is 1.64. The van der Waals surface area contributed by atoms with E-state index in [0.717, 1.165) is 24.8 Å². The molecule has 0 spiro atoms. The van der Waals surface area contributed by atoms with E-state index < -0.39 is 0 Å². The van der Waals surface area contributed by atoms with Crippen molar-refractivity contribution in [1.82, 2.24) is 15.3 Å². The van der Waals surface area contributed by atoms with E-state index in [1.54, 1.807) is 13.2 Å². The fourth-order valence-corrected chi connectivity index (χ4v) is 2.64. The molecule has 0 saturated carbocycles. The molecule has 0 aromatic carbocycles. The SMILES string of the molecule is COCCNC(=S)Nc1nc(Cl)cc(N2CCC(C)CC2)n1. The van der Waals surface area contributed by atoms with Crippen molar-refractivity contribution in [2.75, 3.05) is 43.6 Å². The maximum Gasteiger partial charge on any atom is 0.232 e. The number of hydrogen-bond donors (Lipinski definition) is 2. The molecule has 1 aromatic rings. The first-order valence-corrected chi connectivity index (χ1v) is 8.20. The third-order valence-electron chi connectivity index (χ3n) is 3.61. The first-order valence-electron chi connectivity index (χ1n) is 7.42. The molecule has 1 aliphatic rings. The molecule has 1 aromatic heterocycles. The highest BCUT2D eigenvalue weighted by atomic mass is 35.5. The van der Waals surface area contributed by atoms with Gasteiger partial charge in [-0.25, -0.2) is 4.98 Å². The quantitative estimate of drug-likeness (QED) is 0.483. The van der Waals surface area contributed by atoms with Crippen molar-refractivity contribution in [3.63, 3.8) is 0 Å². The summed E-state index contributed by atoms with van der Waals surface area (Å²) in [6.07, 6.45) is 2.34. The Balaban J connectivity index is 1.99.